The van der Waals surface area contributed by atoms with Gasteiger partial charge in [0.1, 0.15) is 10.0 Å². The van der Waals surface area contributed by atoms with Crippen molar-refractivity contribution >= 4 is 37.8 Å². The van der Waals surface area contributed by atoms with E-state index in [9.17, 15) is 18.3 Å². The number of carbonyl (C=O) groups excluding carboxylic acids is 1. The second kappa shape index (κ2) is 12.8. The molecule has 0 aliphatic rings. The molecule has 1 N–H and O–H groups in total. The third-order valence-corrected chi connectivity index (χ3v) is 6.89. The van der Waals surface area contributed by atoms with Crippen LogP contribution in [0.25, 0.3) is 37.9 Å². The maximum absolute atomic E-state index is 11.6. The normalized spacial score (nSPS) is 11.7. The predicted molar refractivity (Wildman–Crippen MR) is 140 cm³/mol. The molecular formula is C28H23N3O5PdS. The Labute approximate surface area is 234 Å². The largest absolute Gasteiger partial charge is 2.00 e. The van der Waals surface area contributed by atoms with Crippen molar-refractivity contribution in [3.8, 4) is 11.4 Å². The Kier molecular flexibility index (Phi) is 9.80. The Morgan fingerprint density at radius 3 is 1.74 bits per heavy atom. The van der Waals surface area contributed by atoms with Crippen LogP contribution in [0.4, 0.5) is 0 Å². The number of nitrogens with zero attached hydrogens (tertiary/aromatic N) is 3. The van der Waals surface area contributed by atoms with E-state index < -0.39 is 28.6 Å². The Balaban J connectivity index is 0.000000209. The van der Waals surface area contributed by atoms with Crippen LogP contribution in [-0.4, -0.2) is 42.1 Å². The van der Waals surface area contributed by atoms with Gasteiger partial charge in [-0.15, -0.1) is 0 Å². The molecule has 8 nitrogen and oxygen atoms in total. The summed E-state index contributed by atoms with van der Waals surface area (Å²) in [4.78, 5) is 19.7. The molecule has 1 unspecified atom stereocenters. The standard InChI is InChI=1S/C18H12N2.C10H12NO5S.Pd/c1-3-7-15-13(5-1)9-11-17(19-15)18-12-10-14-6-2-4-8-16(14)20-18;1-7-2-4-8(5-3-7)17(15,16)11-9(6-12)10(13)14;/h1-12H;2-5,9,12H,6H2,1H3,(H,13,14);/q;-1;+2/p-1. The number of hydrogen-bond acceptors (Lipinski definition) is 7. The maximum atomic E-state index is 11.6. The number of fused-ring (bicyclic) bond motifs is 2. The second-order valence-corrected chi connectivity index (χ2v) is 9.82. The number of carboxylic acids is 1. The van der Waals surface area contributed by atoms with Gasteiger partial charge in [-0.3, -0.25) is 0 Å². The van der Waals surface area contributed by atoms with Gasteiger partial charge < -0.3 is 19.7 Å². The molecule has 0 spiro atoms. The van der Waals surface area contributed by atoms with Crippen LogP contribution in [0.5, 0.6) is 0 Å². The fourth-order valence-electron chi connectivity index (χ4n) is 3.51. The van der Waals surface area contributed by atoms with E-state index in [-0.39, 0.29) is 25.3 Å². The summed E-state index contributed by atoms with van der Waals surface area (Å²) in [7, 11) is -4.09. The molecule has 0 bridgehead atoms. The number of pyridine rings is 2. The number of aliphatic hydroxyl groups excluding tert-OH is 1. The third-order valence-electron chi connectivity index (χ3n) is 5.49. The molecule has 2 heterocycles. The molecule has 0 aliphatic heterocycles. The zero-order valence-corrected chi connectivity index (χ0v) is 22.5. The third kappa shape index (κ3) is 7.07. The van der Waals surface area contributed by atoms with Gasteiger partial charge in [-0.25, -0.2) is 18.4 Å². The SMILES string of the molecule is Cc1ccc(S(=O)(=O)[N-]C(CO)C(=O)[O-])cc1.[Pd+2].c1ccc2nc(-c3ccc4ccccc4n3)ccc2c1. The first-order valence-electron chi connectivity index (χ1n) is 11.3. The zero-order chi connectivity index (χ0) is 26.4. The van der Waals surface area contributed by atoms with Gasteiger partial charge in [0, 0.05) is 28.2 Å². The monoisotopic (exact) mass is 619 g/mol. The van der Waals surface area contributed by atoms with Gasteiger partial charge in [0.05, 0.1) is 22.4 Å². The number of aromatic nitrogens is 2. The quantitative estimate of drug-likeness (QED) is 0.287. The van der Waals surface area contributed by atoms with Crippen LogP contribution < -0.4 is 5.11 Å². The molecule has 196 valence electrons. The van der Waals surface area contributed by atoms with Crippen molar-refractivity contribution in [3.63, 3.8) is 0 Å². The molecule has 3 aromatic carbocycles. The predicted octanol–water partition coefficient (Wildman–Crippen LogP) is 3.62. The van der Waals surface area contributed by atoms with E-state index in [1.54, 1.807) is 19.1 Å². The van der Waals surface area contributed by atoms with Crippen molar-refractivity contribution in [2.75, 3.05) is 6.61 Å². The average molecular weight is 620 g/mol. The number of para-hydroxylation sites is 2. The number of aryl methyl sites for hydroxylation is 1. The van der Waals surface area contributed by atoms with E-state index >= 15 is 0 Å². The van der Waals surface area contributed by atoms with Crippen molar-refractivity contribution in [1.29, 1.82) is 0 Å². The number of benzene rings is 3. The number of rotatable bonds is 6. The molecule has 0 saturated carbocycles. The van der Waals surface area contributed by atoms with Crippen LogP contribution in [0.2, 0.25) is 0 Å². The van der Waals surface area contributed by atoms with Crippen molar-refractivity contribution in [2.24, 2.45) is 0 Å². The minimum Gasteiger partial charge on any atom is -0.552 e. The van der Waals surface area contributed by atoms with Gasteiger partial charge >= 0.3 is 20.4 Å². The van der Waals surface area contributed by atoms with Crippen LogP contribution in [0, 0.1) is 6.92 Å². The second-order valence-electron chi connectivity index (χ2n) is 8.19. The van der Waals surface area contributed by atoms with E-state index in [4.69, 9.17) is 5.11 Å². The first kappa shape index (κ1) is 29.0. The van der Waals surface area contributed by atoms with Gasteiger partial charge in [-0.2, -0.15) is 0 Å². The summed E-state index contributed by atoms with van der Waals surface area (Å²) in [6.45, 7) is 0.860. The molecule has 0 radical (unpaired) electrons. The van der Waals surface area contributed by atoms with Gasteiger partial charge in [0.2, 0.25) is 0 Å². The molecule has 10 heteroatoms. The van der Waals surface area contributed by atoms with E-state index in [2.05, 4.69) is 39.0 Å². The number of sulfonamides is 1. The summed E-state index contributed by atoms with van der Waals surface area (Å²) in [5, 5.41) is 21.4. The number of hydrogen-bond donors (Lipinski definition) is 1. The van der Waals surface area contributed by atoms with E-state index in [1.165, 1.54) is 12.1 Å². The van der Waals surface area contributed by atoms with Crippen molar-refractivity contribution in [1.82, 2.24) is 9.97 Å². The van der Waals surface area contributed by atoms with Gasteiger partial charge in [0.25, 0.3) is 0 Å². The topological polar surface area (TPSA) is 134 Å². The Hall–Kier alpha value is -3.52. The minimum absolute atomic E-state index is 0. The molecule has 0 fully saturated rings. The summed E-state index contributed by atoms with van der Waals surface area (Å²) in [5.74, 6) is -1.73. The molecular weight excluding hydrogens is 597 g/mol. The summed E-state index contributed by atoms with van der Waals surface area (Å²) >= 11 is 0. The van der Waals surface area contributed by atoms with Gasteiger partial charge in [0.15, 0.2) is 0 Å². The molecule has 38 heavy (non-hydrogen) atoms. The molecule has 5 rings (SSSR count). The maximum Gasteiger partial charge on any atom is 2.00 e. The fraction of sp³-hybridized carbons (Fsp3) is 0.107. The van der Waals surface area contributed by atoms with Crippen molar-refractivity contribution < 1.29 is 43.8 Å². The van der Waals surface area contributed by atoms with Crippen LogP contribution >= 0.6 is 0 Å². The first-order chi connectivity index (χ1) is 17.8. The zero-order valence-electron chi connectivity index (χ0n) is 20.2. The molecule has 0 saturated heterocycles. The fourth-order valence-corrected chi connectivity index (χ4v) is 4.60. The molecule has 0 amide bonds. The van der Waals surface area contributed by atoms with Gasteiger partial charge in [-0.05, 0) is 43.3 Å². The summed E-state index contributed by atoms with van der Waals surface area (Å²) < 4.78 is 26.4. The van der Waals surface area contributed by atoms with E-state index in [0.29, 0.717) is 0 Å². The summed E-state index contributed by atoms with van der Waals surface area (Å²) in [6.07, 6.45) is 0. The molecule has 0 aliphatic carbocycles. The summed E-state index contributed by atoms with van der Waals surface area (Å²) in [5.41, 5.74) is 4.69. The number of aliphatic carboxylic acids is 1. The Morgan fingerprint density at radius 1 is 0.816 bits per heavy atom. The number of aliphatic hydroxyl groups is 1. The van der Waals surface area contributed by atoms with Crippen molar-refractivity contribution in [2.45, 2.75) is 17.9 Å². The van der Waals surface area contributed by atoms with E-state index in [0.717, 1.165) is 38.8 Å². The molecule has 5 aromatic rings. The van der Waals surface area contributed by atoms with Crippen molar-refractivity contribution in [3.05, 3.63) is 107 Å². The smallest absolute Gasteiger partial charge is 0.552 e. The Morgan fingerprint density at radius 2 is 1.29 bits per heavy atom. The van der Waals surface area contributed by atoms with Crippen LogP contribution in [-0.2, 0) is 35.2 Å². The average Bonchev–Trinajstić information content (AvgIpc) is 2.91. The summed E-state index contributed by atoms with van der Waals surface area (Å²) in [6, 6.07) is 28.5. The molecule has 2 aromatic heterocycles. The minimum atomic E-state index is -4.09. The first-order valence-corrected chi connectivity index (χ1v) is 12.8. The van der Waals surface area contributed by atoms with Gasteiger partial charge in [-0.1, -0.05) is 72.3 Å². The van der Waals surface area contributed by atoms with Crippen LogP contribution in [0.3, 0.4) is 0 Å². The number of carboxylic acid groups (broad SMARTS) is 1. The van der Waals surface area contributed by atoms with Crippen LogP contribution in [0.1, 0.15) is 5.56 Å². The van der Waals surface area contributed by atoms with E-state index in [1.807, 2.05) is 48.5 Å². The number of carbonyl (C=O) groups is 1. The molecule has 1 atom stereocenters. The van der Waals surface area contributed by atoms with Crippen LogP contribution in [0.15, 0.2) is 102 Å². The Bertz CT molecular complexity index is 1580.